The number of thioether (sulfide) groups is 1. The number of hydrogen-bond donors (Lipinski definition) is 0. The van der Waals surface area contributed by atoms with Crippen molar-refractivity contribution in [1.82, 2.24) is 14.9 Å². The van der Waals surface area contributed by atoms with E-state index in [-0.39, 0.29) is 23.6 Å². The Balaban J connectivity index is 0.00000196. The Morgan fingerprint density at radius 2 is 1.77 bits per heavy atom. The Labute approximate surface area is 165 Å². The second-order valence-electron chi connectivity index (χ2n) is 8.02. The number of aromatic nitrogens is 2. The molecule has 2 aliphatic heterocycles. The maximum atomic E-state index is 12.7. The monoisotopic (exact) mass is 395 g/mol. The van der Waals surface area contributed by atoms with E-state index < -0.39 is 0 Å². The summed E-state index contributed by atoms with van der Waals surface area (Å²) in [6.45, 7) is 8.35. The van der Waals surface area contributed by atoms with Crippen molar-refractivity contribution in [3.63, 3.8) is 0 Å². The summed E-state index contributed by atoms with van der Waals surface area (Å²) >= 11 is 1.53. The van der Waals surface area contributed by atoms with E-state index in [4.69, 9.17) is 0 Å². The molecule has 0 spiro atoms. The fraction of sp³-hybridized carbons (Fsp3) is 0.611. The van der Waals surface area contributed by atoms with Gasteiger partial charge in [0.05, 0.1) is 4.91 Å². The van der Waals surface area contributed by atoms with Crippen molar-refractivity contribution in [3.8, 4) is 0 Å². The molecule has 6 nitrogen and oxygen atoms in total. The molecule has 3 aliphatic rings. The first kappa shape index (κ1) is 19.5. The molecule has 0 amide bonds. The number of fused-ring (bicyclic) bond motifs is 1. The molecule has 26 heavy (non-hydrogen) atoms. The maximum Gasteiger partial charge on any atom is 0.171 e. The van der Waals surface area contributed by atoms with Gasteiger partial charge in [0.1, 0.15) is 17.0 Å². The van der Waals surface area contributed by atoms with Crippen molar-refractivity contribution in [2.45, 2.75) is 31.7 Å². The van der Waals surface area contributed by atoms with Crippen LogP contribution in [0.25, 0.3) is 0 Å². The SMILES string of the molecule is CN1CCN(c2ncnc3c2N(C)C2=C(S3)C(=O)CC(C)(C)C2)CC1.Cl. The molecule has 0 saturated carbocycles. The van der Waals surface area contributed by atoms with Gasteiger partial charge in [-0.2, -0.15) is 0 Å². The molecule has 3 heterocycles. The molecule has 8 heteroatoms. The number of carbonyl (C=O) groups is 1. The van der Waals surface area contributed by atoms with E-state index in [1.54, 1.807) is 6.33 Å². The highest BCUT2D eigenvalue weighted by atomic mass is 35.5. The standard InChI is InChI=1S/C18H25N5OS.ClH/c1-18(2)9-12-15(13(24)10-18)25-17-14(22(12)4)16(19-11-20-17)23-7-5-21(3)6-8-23;/h11H,5-10H2,1-4H3;1H. The highest BCUT2D eigenvalue weighted by Gasteiger charge is 2.40. The number of ketones is 1. The summed E-state index contributed by atoms with van der Waals surface area (Å²) in [5, 5.41) is 0.901. The molecule has 0 atom stereocenters. The predicted molar refractivity (Wildman–Crippen MR) is 108 cm³/mol. The van der Waals surface area contributed by atoms with Crippen LogP contribution in [0.5, 0.6) is 0 Å². The smallest absolute Gasteiger partial charge is 0.171 e. The summed E-state index contributed by atoms with van der Waals surface area (Å²) in [5.74, 6) is 1.24. The minimum atomic E-state index is 0. The number of allylic oxidation sites excluding steroid dienone is 2. The first-order valence-corrected chi connectivity index (χ1v) is 9.64. The van der Waals surface area contributed by atoms with Crippen LogP contribution in [0.1, 0.15) is 26.7 Å². The third-order valence-electron chi connectivity index (χ3n) is 5.31. The molecule has 1 aromatic rings. The van der Waals surface area contributed by atoms with Crippen molar-refractivity contribution >= 4 is 41.5 Å². The number of Topliss-reactive ketones (excluding diaryl/α,β-unsaturated/α-hetero) is 1. The average molecular weight is 396 g/mol. The van der Waals surface area contributed by atoms with Crippen LogP contribution in [-0.2, 0) is 4.79 Å². The van der Waals surface area contributed by atoms with Crippen LogP contribution in [0.2, 0.25) is 0 Å². The third kappa shape index (κ3) is 3.32. The molecular weight excluding hydrogens is 370 g/mol. The van der Waals surface area contributed by atoms with Crippen LogP contribution in [0.3, 0.4) is 0 Å². The second kappa shape index (κ2) is 7.02. The molecule has 0 bridgehead atoms. The Bertz CT molecular complexity index is 758. The van der Waals surface area contributed by atoms with E-state index in [9.17, 15) is 4.79 Å². The lowest BCUT2D eigenvalue weighted by Gasteiger charge is -2.41. The topological polar surface area (TPSA) is 52.6 Å². The Kier molecular flexibility index (Phi) is 5.25. The van der Waals surface area contributed by atoms with E-state index in [1.165, 1.54) is 11.8 Å². The molecule has 1 aromatic heterocycles. The van der Waals surface area contributed by atoms with Gasteiger partial charge in [0.25, 0.3) is 0 Å². The highest BCUT2D eigenvalue weighted by molar-refractivity contribution is 8.04. The Morgan fingerprint density at radius 3 is 2.46 bits per heavy atom. The number of anilines is 2. The van der Waals surface area contributed by atoms with E-state index in [1.807, 2.05) is 0 Å². The molecule has 0 unspecified atom stereocenters. The first-order valence-electron chi connectivity index (χ1n) is 8.82. The maximum absolute atomic E-state index is 12.7. The largest absolute Gasteiger partial charge is 0.352 e. The summed E-state index contributed by atoms with van der Waals surface area (Å²) < 4.78 is 0. The number of rotatable bonds is 1. The molecule has 0 radical (unpaired) electrons. The van der Waals surface area contributed by atoms with Crippen molar-refractivity contribution < 1.29 is 4.79 Å². The zero-order valence-corrected chi connectivity index (χ0v) is 17.4. The molecule has 0 N–H and O–H groups in total. The van der Waals surface area contributed by atoms with Crippen LogP contribution < -0.4 is 9.80 Å². The summed E-state index contributed by atoms with van der Waals surface area (Å²) in [4.78, 5) is 29.5. The Hall–Kier alpha value is -1.31. The quantitative estimate of drug-likeness (QED) is 0.677. The molecule has 142 valence electrons. The van der Waals surface area contributed by atoms with Crippen molar-refractivity contribution in [1.29, 1.82) is 0 Å². The van der Waals surface area contributed by atoms with Gasteiger partial charge in [-0.05, 0) is 18.9 Å². The van der Waals surface area contributed by atoms with E-state index in [0.717, 1.165) is 59.7 Å². The Morgan fingerprint density at radius 1 is 1.08 bits per heavy atom. The zero-order chi connectivity index (χ0) is 17.8. The van der Waals surface area contributed by atoms with Gasteiger partial charge in [0.15, 0.2) is 11.6 Å². The van der Waals surface area contributed by atoms with Crippen LogP contribution in [-0.4, -0.2) is 60.9 Å². The minimum absolute atomic E-state index is 0. The third-order valence-corrected chi connectivity index (χ3v) is 6.47. The fourth-order valence-corrected chi connectivity index (χ4v) is 4.99. The summed E-state index contributed by atoms with van der Waals surface area (Å²) in [7, 11) is 4.22. The molecule has 4 rings (SSSR count). The van der Waals surface area contributed by atoms with Crippen LogP contribution in [0.4, 0.5) is 11.5 Å². The number of halogens is 1. The molecular formula is C18H26ClN5OS. The van der Waals surface area contributed by atoms with Gasteiger partial charge in [0, 0.05) is 45.3 Å². The van der Waals surface area contributed by atoms with Crippen LogP contribution in [0.15, 0.2) is 22.0 Å². The number of hydrogen-bond acceptors (Lipinski definition) is 7. The summed E-state index contributed by atoms with van der Waals surface area (Å²) in [6, 6.07) is 0. The average Bonchev–Trinajstić information content (AvgIpc) is 2.56. The lowest BCUT2D eigenvalue weighted by Crippen LogP contribution is -2.45. The lowest BCUT2D eigenvalue weighted by molar-refractivity contribution is -0.117. The number of likely N-dealkylation sites (N-methyl/N-ethyl adjacent to an activating group) is 1. The van der Waals surface area contributed by atoms with Gasteiger partial charge < -0.3 is 14.7 Å². The fourth-order valence-electron chi connectivity index (χ4n) is 3.86. The molecule has 1 fully saturated rings. The normalized spacial score (nSPS) is 22.7. The number of piperazine rings is 1. The lowest BCUT2D eigenvalue weighted by atomic mass is 9.78. The van der Waals surface area contributed by atoms with Gasteiger partial charge in [0.2, 0.25) is 0 Å². The van der Waals surface area contributed by atoms with Gasteiger partial charge in [-0.3, -0.25) is 4.79 Å². The van der Waals surface area contributed by atoms with Gasteiger partial charge in [-0.15, -0.1) is 12.4 Å². The molecule has 0 aromatic carbocycles. The van der Waals surface area contributed by atoms with Crippen molar-refractivity contribution in [2.24, 2.45) is 5.41 Å². The van der Waals surface area contributed by atoms with Crippen molar-refractivity contribution in [3.05, 3.63) is 16.9 Å². The van der Waals surface area contributed by atoms with E-state index in [0.29, 0.717) is 6.42 Å². The summed E-state index contributed by atoms with van der Waals surface area (Å²) in [6.07, 6.45) is 3.16. The second-order valence-corrected chi connectivity index (χ2v) is 9.02. The predicted octanol–water partition coefficient (Wildman–Crippen LogP) is 2.79. The molecule has 1 saturated heterocycles. The van der Waals surface area contributed by atoms with Crippen LogP contribution in [0, 0.1) is 5.41 Å². The number of carbonyl (C=O) groups excluding carboxylic acids is 1. The first-order chi connectivity index (χ1) is 11.9. The van der Waals surface area contributed by atoms with Crippen LogP contribution >= 0.6 is 24.2 Å². The number of nitrogens with zero attached hydrogens (tertiary/aromatic N) is 5. The van der Waals surface area contributed by atoms with Gasteiger partial charge >= 0.3 is 0 Å². The minimum Gasteiger partial charge on any atom is -0.352 e. The van der Waals surface area contributed by atoms with E-state index >= 15 is 0 Å². The van der Waals surface area contributed by atoms with E-state index in [2.05, 4.69) is 52.6 Å². The molecule has 1 aliphatic carbocycles. The highest BCUT2D eigenvalue weighted by Crippen LogP contribution is 2.51. The van der Waals surface area contributed by atoms with Gasteiger partial charge in [-0.25, -0.2) is 9.97 Å². The zero-order valence-electron chi connectivity index (χ0n) is 15.8. The van der Waals surface area contributed by atoms with Gasteiger partial charge in [-0.1, -0.05) is 25.6 Å². The summed E-state index contributed by atoms with van der Waals surface area (Å²) in [5.41, 5.74) is 2.19. The van der Waals surface area contributed by atoms with Crippen molar-refractivity contribution in [2.75, 3.05) is 50.1 Å².